The minimum absolute atomic E-state index is 0.102. The fraction of sp³-hybridized carbons (Fsp3) is 0.111. The number of esters is 1. The van der Waals surface area contributed by atoms with Gasteiger partial charge >= 0.3 is 11.7 Å². The average molecular weight is 411 g/mol. The van der Waals surface area contributed by atoms with Gasteiger partial charge < -0.3 is 9.26 Å². The number of aromatic nitrogens is 1. The number of ether oxygens (including phenoxy) is 1. The monoisotopic (exact) mass is 411 g/mol. The van der Waals surface area contributed by atoms with Gasteiger partial charge in [0.15, 0.2) is 5.76 Å². The highest BCUT2D eigenvalue weighted by molar-refractivity contribution is 7.91. The standard InChI is InChI=1S/C18H12F3NO5S/c19-14-7-3-1-5-12(14)15-9-11(22-27-15)10-26-17(23)13-6-2-4-8-16(13)28(24,25)18(20)21/h1-9,18H,10H2. The van der Waals surface area contributed by atoms with Gasteiger partial charge in [-0.3, -0.25) is 0 Å². The third-order valence-electron chi connectivity index (χ3n) is 3.70. The molecule has 0 fully saturated rings. The molecule has 0 atom stereocenters. The first-order chi connectivity index (χ1) is 13.3. The van der Waals surface area contributed by atoms with E-state index in [1.54, 1.807) is 6.07 Å². The van der Waals surface area contributed by atoms with Gasteiger partial charge in [-0.25, -0.2) is 17.6 Å². The molecule has 0 aliphatic carbocycles. The summed E-state index contributed by atoms with van der Waals surface area (Å²) in [6.07, 6.45) is 0. The molecule has 0 amide bonds. The van der Waals surface area contributed by atoms with E-state index in [2.05, 4.69) is 5.16 Å². The van der Waals surface area contributed by atoms with E-state index < -0.39 is 44.4 Å². The minimum atomic E-state index is -4.98. The number of benzene rings is 2. The maximum absolute atomic E-state index is 13.8. The van der Waals surface area contributed by atoms with Crippen molar-refractivity contribution < 1.29 is 35.6 Å². The maximum Gasteiger partial charge on any atom is 0.341 e. The molecule has 146 valence electrons. The molecule has 0 bridgehead atoms. The second-order valence-corrected chi connectivity index (χ2v) is 7.43. The summed E-state index contributed by atoms with van der Waals surface area (Å²) in [4.78, 5) is 11.4. The molecule has 0 unspecified atom stereocenters. The van der Waals surface area contributed by atoms with Crippen LogP contribution in [0, 0.1) is 5.82 Å². The first-order valence-electron chi connectivity index (χ1n) is 7.79. The fourth-order valence-electron chi connectivity index (χ4n) is 2.36. The van der Waals surface area contributed by atoms with Gasteiger partial charge in [0.1, 0.15) is 18.1 Å². The van der Waals surface area contributed by atoms with Crippen LogP contribution in [-0.2, 0) is 21.2 Å². The molecule has 0 saturated heterocycles. The molecule has 1 aromatic heterocycles. The number of rotatable bonds is 6. The number of carbonyl (C=O) groups is 1. The van der Waals surface area contributed by atoms with Crippen LogP contribution < -0.4 is 0 Å². The Morgan fingerprint density at radius 2 is 1.79 bits per heavy atom. The molecule has 2 aromatic carbocycles. The molecule has 1 heterocycles. The molecule has 3 rings (SSSR count). The van der Waals surface area contributed by atoms with Crippen molar-refractivity contribution in [3.05, 3.63) is 71.7 Å². The summed E-state index contributed by atoms with van der Waals surface area (Å²) in [5.41, 5.74) is -0.248. The SMILES string of the molecule is O=C(OCc1cc(-c2ccccc2F)on1)c1ccccc1S(=O)(=O)C(F)F. The molecular weight excluding hydrogens is 399 g/mol. The van der Waals surface area contributed by atoms with Gasteiger partial charge in [-0.2, -0.15) is 8.78 Å². The summed E-state index contributed by atoms with van der Waals surface area (Å²) in [5.74, 6) is -5.24. The van der Waals surface area contributed by atoms with E-state index in [1.807, 2.05) is 0 Å². The van der Waals surface area contributed by atoms with Gasteiger partial charge in [0.25, 0.3) is 0 Å². The predicted molar refractivity (Wildman–Crippen MR) is 90.6 cm³/mol. The second-order valence-electron chi connectivity index (χ2n) is 5.54. The normalized spacial score (nSPS) is 11.6. The van der Waals surface area contributed by atoms with Gasteiger partial charge in [0.05, 0.1) is 16.0 Å². The maximum atomic E-state index is 13.8. The third kappa shape index (κ3) is 3.91. The molecule has 0 aliphatic rings. The van der Waals surface area contributed by atoms with Gasteiger partial charge in [0, 0.05) is 6.07 Å². The molecule has 6 nitrogen and oxygen atoms in total. The first-order valence-corrected chi connectivity index (χ1v) is 9.34. The van der Waals surface area contributed by atoms with Crippen LogP contribution in [0.4, 0.5) is 13.2 Å². The van der Waals surface area contributed by atoms with E-state index in [9.17, 15) is 26.4 Å². The number of carbonyl (C=O) groups excluding carboxylic acids is 1. The van der Waals surface area contributed by atoms with Crippen molar-refractivity contribution in [3.63, 3.8) is 0 Å². The van der Waals surface area contributed by atoms with Crippen LogP contribution in [0.3, 0.4) is 0 Å². The van der Waals surface area contributed by atoms with Gasteiger partial charge in [-0.1, -0.05) is 29.4 Å². The summed E-state index contributed by atoms with van der Waals surface area (Å²) in [5, 5.41) is 3.64. The van der Waals surface area contributed by atoms with Crippen LogP contribution in [0.15, 0.2) is 64.0 Å². The minimum Gasteiger partial charge on any atom is -0.455 e. The van der Waals surface area contributed by atoms with E-state index >= 15 is 0 Å². The number of hydrogen-bond donors (Lipinski definition) is 0. The lowest BCUT2D eigenvalue weighted by Crippen LogP contribution is -2.17. The fourth-order valence-corrected chi connectivity index (χ4v) is 3.28. The Kier molecular flexibility index (Phi) is 5.50. The molecule has 0 N–H and O–H groups in total. The van der Waals surface area contributed by atoms with E-state index in [0.29, 0.717) is 0 Å². The molecule has 28 heavy (non-hydrogen) atoms. The van der Waals surface area contributed by atoms with Crippen molar-refractivity contribution in [1.29, 1.82) is 0 Å². The lowest BCUT2D eigenvalue weighted by atomic mass is 10.1. The smallest absolute Gasteiger partial charge is 0.341 e. The molecule has 0 saturated carbocycles. The van der Waals surface area contributed by atoms with Crippen LogP contribution in [0.5, 0.6) is 0 Å². The lowest BCUT2D eigenvalue weighted by molar-refractivity contribution is 0.0459. The van der Waals surface area contributed by atoms with Crippen LogP contribution in [0.1, 0.15) is 16.1 Å². The van der Waals surface area contributed by atoms with Gasteiger partial charge in [-0.05, 0) is 24.3 Å². The summed E-state index contributed by atoms with van der Waals surface area (Å²) in [6.45, 7) is -0.431. The molecule has 0 radical (unpaired) electrons. The number of sulfone groups is 1. The van der Waals surface area contributed by atoms with E-state index in [0.717, 1.165) is 12.1 Å². The van der Waals surface area contributed by atoms with Crippen molar-refractivity contribution in [2.45, 2.75) is 17.3 Å². The molecule has 0 spiro atoms. The second kappa shape index (κ2) is 7.85. The number of nitrogens with zero attached hydrogens (tertiary/aromatic N) is 1. The summed E-state index contributed by atoms with van der Waals surface area (Å²) in [7, 11) is -4.98. The molecule has 10 heteroatoms. The largest absolute Gasteiger partial charge is 0.455 e. The highest BCUT2D eigenvalue weighted by atomic mass is 32.2. The van der Waals surface area contributed by atoms with Crippen molar-refractivity contribution >= 4 is 15.8 Å². The van der Waals surface area contributed by atoms with E-state index in [4.69, 9.17) is 9.26 Å². The number of alkyl halides is 2. The van der Waals surface area contributed by atoms with Gasteiger partial charge in [-0.15, -0.1) is 0 Å². The zero-order valence-corrected chi connectivity index (χ0v) is 14.8. The Hall–Kier alpha value is -3.14. The van der Waals surface area contributed by atoms with Crippen LogP contribution in [0.25, 0.3) is 11.3 Å². The predicted octanol–water partition coefficient (Wildman–Crippen LogP) is 3.83. The Labute approximate surface area is 157 Å². The Morgan fingerprint density at radius 3 is 2.50 bits per heavy atom. The quantitative estimate of drug-likeness (QED) is 0.573. The van der Waals surface area contributed by atoms with E-state index in [-0.39, 0.29) is 17.0 Å². The Balaban J connectivity index is 1.77. The van der Waals surface area contributed by atoms with Crippen LogP contribution in [-0.4, -0.2) is 25.3 Å². The summed E-state index contributed by atoms with van der Waals surface area (Å²) in [6, 6.07) is 11.6. The van der Waals surface area contributed by atoms with Crippen molar-refractivity contribution in [1.82, 2.24) is 5.16 Å². The highest BCUT2D eigenvalue weighted by Gasteiger charge is 2.31. The summed E-state index contributed by atoms with van der Waals surface area (Å²) >= 11 is 0. The van der Waals surface area contributed by atoms with Crippen LogP contribution >= 0.6 is 0 Å². The summed E-state index contributed by atoms with van der Waals surface area (Å²) < 4.78 is 72.7. The Bertz CT molecular complexity index is 1110. The zero-order valence-electron chi connectivity index (χ0n) is 14.0. The zero-order chi connectivity index (χ0) is 20.3. The van der Waals surface area contributed by atoms with Crippen molar-refractivity contribution in [3.8, 4) is 11.3 Å². The van der Waals surface area contributed by atoms with Crippen molar-refractivity contribution in [2.24, 2.45) is 0 Å². The third-order valence-corrected chi connectivity index (χ3v) is 5.14. The van der Waals surface area contributed by atoms with Gasteiger partial charge in [0.2, 0.25) is 9.84 Å². The van der Waals surface area contributed by atoms with Crippen LogP contribution in [0.2, 0.25) is 0 Å². The number of hydrogen-bond acceptors (Lipinski definition) is 6. The lowest BCUT2D eigenvalue weighted by Gasteiger charge is -2.09. The number of halogens is 3. The van der Waals surface area contributed by atoms with Crippen molar-refractivity contribution in [2.75, 3.05) is 0 Å². The molecule has 3 aromatic rings. The average Bonchev–Trinajstić information content (AvgIpc) is 3.15. The highest BCUT2D eigenvalue weighted by Crippen LogP contribution is 2.25. The molecule has 0 aliphatic heterocycles. The topological polar surface area (TPSA) is 86.5 Å². The Morgan fingerprint density at radius 1 is 1.11 bits per heavy atom. The van der Waals surface area contributed by atoms with E-state index in [1.165, 1.54) is 36.4 Å². The first kappa shape index (κ1) is 19.6. The molecular formula is C18H12F3NO5S.